The third-order valence-corrected chi connectivity index (χ3v) is 6.40. The Morgan fingerprint density at radius 2 is 1.21 bits per heavy atom. The Labute approximate surface area is 157 Å². The normalized spacial score (nSPS) is 18.2. The van der Waals surface area contributed by atoms with E-state index in [1.807, 2.05) is 0 Å². The van der Waals surface area contributed by atoms with Gasteiger partial charge in [-0.05, 0) is 59.9 Å². The third-order valence-electron chi connectivity index (χ3n) is 5.47. The highest BCUT2D eigenvalue weighted by Gasteiger charge is 2.49. The van der Waals surface area contributed by atoms with Crippen LogP contribution in [0.3, 0.4) is 0 Å². The van der Waals surface area contributed by atoms with Crippen molar-refractivity contribution in [2.45, 2.75) is 30.6 Å². The fraction of sp³-hybridized carbons (Fsp3) is 0.263. The van der Waals surface area contributed by atoms with E-state index in [0.717, 1.165) is 12.8 Å². The molecule has 28 heavy (non-hydrogen) atoms. The number of halogens is 5. The van der Waals surface area contributed by atoms with Crippen LogP contribution >= 0.6 is 0 Å². The minimum absolute atomic E-state index is 0.0636. The fourth-order valence-electron chi connectivity index (χ4n) is 3.79. The van der Waals surface area contributed by atoms with E-state index in [1.165, 1.54) is 24.3 Å². The molecule has 0 unspecified atom stereocenters. The molecule has 0 amide bonds. The van der Waals surface area contributed by atoms with Crippen LogP contribution in [0.15, 0.2) is 29.2 Å². The quantitative estimate of drug-likeness (QED) is 0.455. The summed E-state index contributed by atoms with van der Waals surface area (Å²) in [6.07, 6.45) is 2.17. The van der Waals surface area contributed by atoms with Gasteiger partial charge in [0.1, 0.15) is 0 Å². The van der Waals surface area contributed by atoms with Crippen LogP contribution in [-0.2, 0) is 10.0 Å². The molecular weight excluding hydrogens is 401 g/mol. The maximum atomic E-state index is 14.4. The van der Waals surface area contributed by atoms with Crippen molar-refractivity contribution in [3.05, 3.63) is 64.5 Å². The van der Waals surface area contributed by atoms with Crippen LogP contribution in [0.1, 0.15) is 36.8 Å². The summed E-state index contributed by atoms with van der Waals surface area (Å²) in [4.78, 5) is -0.145. The zero-order chi connectivity index (χ0) is 20.4. The van der Waals surface area contributed by atoms with E-state index in [1.54, 1.807) is 0 Å². The molecule has 0 atom stereocenters. The van der Waals surface area contributed by atoms with Crippen LogP contribution < -0.4 is 5.14 Å². The predicted molar refractivity (Wildman–Crippen MR) is 91.8 cm³/mol. The topological polar surface area (TPSA) is 60.2 Å². The highest BCUT2D eigenvalue weighted by molar-refractivity contribution is 7.89. The van der Waals surface area contributed by atoms with Gasteiger partial charge >= 0.3 is 0 Å². The Bertz CT molecular complexity index is 1110. The molecule has 1 saturated carbocycles. The largest absolute Gasteiger partial charge is 0.238 e. The summed E-state index contributed by atoms with van der Waals surface area (Å²) >= 11 is 0. The third kappa shape index (κ3) is 2.93. The van der Waals surface area contributed by atoms with Crippen LogP contribution in [0.2, 0.25) is 0 Å². The molecule has 0 bridgehead atoms. The Kier molecular flexibility index (Phi) is 4.17. The van der Waals surface area contributed by atoms with Gasteiger partial charge in [0.2, 0.25) is 15.8 Å². The van der Waals surface area contributed by atoms with Crippen molar-refractivity contribution < 1.29 is 30.4 Å². The van der Waals surface area contributed by atoms with Crippen LogP contribution in [0.25, 0.3) is 11.1 Å². The van der Waals surface area contributed by atoms with Gasteiger partial charge in [-0.3, -0.25) is 0 Å². The van der Waals surface area contributed by atoms with Gasteiger partial charge < -0.3 is 0 Å². The van der Waals surface area contributed by atoms with Crippen molar-refractivity contribution in [2.24, 2.45) is 10.6 Å². The van der Waals surface area contributed by atoms with Gasteiger partial charge in [-0.1, -0.05) is 12.1 Å². The number of primary sulfonamides is 1. The Morgan fingerprint density at radius 3 is 1.68 bits per heavy atom. The zero-order valence-electron chi connectivity index (χ0n) is 14.3. The molecule has 1 spiro atoms. The summed E-state index contributed by atoms with van der Waals surface area (Å²) in [5.74, 6) is -9.88. The first kappa shape index (κ1) is 19.1. The molecule has 1 fully saturated rings. The first-order chi connectivity index (χ1) is 13.0. The molecule has 0 aliphatic heterocycles. The van der Waals surface area contributed by atoms with Crippen LogP contribution in [0.4, 0.5) is 22.0 Å². The number of hydrogen-bond acceptors (Lipinski definition) is 2. The van der Waals surface area contributed by atoms with Crippen molar-refractivity contribution in [3.63, 3.8) is 0 Å². The predicted octanol–water partition coefficient (Wildman–Crippen LogP) is 4.51. The smallest absolute Gasteiger partial charge is 0.225 e. The minimum Gasteiger partial charge on any atom is -0.225 e. The number of hydrogen-bond donors (Lipinski definition) is 1. The number of nitrogens with two attached hydrogens (primary N) is 1. The summed E-state index contributed by atoms with van der Waals surface area (Å²) in [6, 6.07) is 5.32. The molecule has 2 aliphatic carbocycles. The van der Waals surface area contributed by atoms with Gasteiger partial charge in [-0.15, -0.1) is 0 Å². The molecule has 2 aromatic carbocycles. The van der Waals surface area contributed by atoms with E-state index in [4.69, 9.17) is 5.14 Å². The van der Waals surface area contributed by atoms with Crippen molar-refractivity contribution in [1.82, 2.24) is 0 Å². The monoisotopic (exact) mass is 415 g/mol. The Hall–Kier alpha value is -2.26. The maximum Gasteiger partial charge on any atom is 0.238 e. The van der Waals surface area contributed by atoms with E-state index in [2.05, 4.69) is 0 Å². The van der Waals surface area contributed by atoms with E-state index < -0.39 is 44.7 Å². The molecule has 2 N–H and O–H groups in total. The lowest BCUT2D eigenvalue weighted by Crippen LogP contribution is -2.11. The molecule has 0 saturated heterocycles. The molecule has 2 aromatic rings. The van der Waals surface area contributed by atoms with Gasteiger partial charge in [0.25, 0.3) is 0 Å². The summed E-state index contributed by atoms with van der Waals surface area (Å²) in [6.45, 7) is 0. The van der Waals surface area contributed by atoms with Crippen molar-refractivity contribution in [2.75, 3.05) is 0 Å². The zero-order valence-corrected chi connectivity index (χ0v) is 15.1. The van der Waals surface area contributed by atoms with Crippen molar-refractivity contribution >= 4 is 21.2 Å². The molecule has 0 radical (unpaired) electrons. The van der Waals surface area contributed by atoms with Gasteiger partial charge in [0, 0.05) is 0 Å². The molecule has 148 valence electrons. The summed E-state index contributed by atoms with van der Waals surface area (Å²) < 4.78 is 92.4. The number of benzene rings is 2. The number of rotatable bonds is 3. The lowest BCUT2D eigenvalue weighted by molar-refractivity contribution is 0.376. The number of sulfonamides is 1. The second-order valence-electron chi connectivity index (χ2n) is 7.32. The highest BCUT2D eigenvalue weighted by Crippen LogP contribution is 2.63. The highest BCUT2D eigenvalue weighted by atomic mass is 32.2. The summed E-state index contributed by atoms with van der Waals surface area (Å²) in [5.41, 5.74) is -0.195. The van der Waals surface area contributed by atoms with Gasteiger partial charge in [0.15, 0.2) is 23.3 Å². The maximum absolute atomic E-state index is 14.4. The van der Waals surface area contributed by atoms with Gasteiger partial charge in [0.05, 0.1) is 10.5 Å². The van der Waals surface area contributed by atoms with Gasteiger partial charge in [-0.25, -0.2) is 35.5 Å². The minimum atomic E-state index is -3.93. The lowest BCUT2D eigenvalue weighted by Gasteiger charge is -2.12. The average Bonchev–Trinajstić information content (AvgIpc) is 3.30. The second kappa shape index (κ2) is 6.12. The van der Waals surface area contributed by atoms with E-state index in [0.29, 0.717) is 17.6 Å². The Balaban J connectivity index is 1.91. The average molecular weight is 415 g/mol. The Morgan fingerprint density at radius 1 is 0.750 bits per heavy atom. The number of allylic oxidation sites excluding steroid dienone is 2. The molecule has 3 nitrogen and oxygen atoms in total. The molecule has 9 heteroatoms. The van der Waals surface area contributed by atoms with E-state index in [9.17, 15) is 30.4 Å². The first-order valence-electron chi connectivity index (χ1n) is 8.41. The van der Waals surface area contributed by atoms with Crippen molar-refractivity contribution in [3.8, 4) is 0 Å². The molecule has 2 aliphatic rings. The van der Waals surface area contributed by atoms with E-state index in [-0.39, 0.29) is 22.3 Å². The van der Waals surface area contributed by atoms with Crippen molar-refractivity contribution in [1.29, 1.82) is 0 Å². The van der Waals surface area contributed by atoms with Gasteiger partial charge in [-0.2, -0.15) is 0 Å². The SMILES string of the molecule is NS(=O)(=O)c1ccc(C2=C(c3c(F)c(F)c(F)c(F)c3F)CC3(CC3)C2)cc1. The molecule has 4 rings (SSSR count). The van der Waals surface area contributed by atoms with Crippen LogP contribution in [0.5, 0.6) is 0 Å². The fourth-order valence-corrected chi connectivity index (χ4v) is 4.30. The van der Waals surface area contributed by atoms with E-state index >= 15 is 0 Å². The lowest BCUT2D eigenvalue weighted by atomic mass is 9.96. The second-order valence-corrected chi connectivity index (χ2v) is 8.89. The van der Waals surface area contributed by atoms with Crippen LogP contribution in [0, 0.1) is 34.5 Å². The summed E-state index contributed by atoms with van der Waals surface area (Å²) in [7, 11) is -3.93. The molecular formula is C19H14F5NO2S. The standard InChI is InChI=1S/C19H14F5NO2S/c20-14-13(15(21)17(23)18(24)16(14)22)12-8-19(5-6-19)7-11(12)9-1-3-10(4-2-9)28(25,26)27/h1-4H,5-8H2,(H2,25,26,27). The first-order valence-corrected chi connectivity index (χ1v) is 9.96. The molecule has 0 aromatic heterocycles. The summed E-state index contributed by atoms with van der Waals surface area (Å²) in [5, 5.41) is 5.06. The molecule has 0 heterocycles. The van der Waals surface area contributed by atoms with Crippen LogP contribution in [-0.4, -0.2) is 8.42 Å².